The van der Waals surface area contributed by atoms with Gasteiger partial charge >= 0.3 is 0 Å². The van der Waals surface area contributed by atoms with Gasteiger partial charge in [-0.3, -0.25) is 0 Å². The number of hydrogen-bond donors (Lipinski definition) is 0. The Morgan fingerprint density at radius 2 is 1.44 bits per heavy atom. The van der Waals surface area contributed by atoms with Crippen LogP contribution in [0.5, 0.6) is 0 Å². The molecule has 0 saturated carbocycles. The molecule has 0 N–H and O–H groups in total. The first-order valence-corrected chi connectivity index (χ1v) is 8.72. The molecule has 4 heteroatoms. The summed E-state index contributed by atoms with van der Waals surface area (Å²) in [6, 6.07) is 0. The minimum absolute atomic E-state index is 0. The fourth-order valence-electron chi connectivity index (χ4n) is 0.612. The molecule has 0 heterocycles. The minimum atomic E-state index is -1.18. The third-order valence-corrected chi connectivity index (χ3v) is 4.59. The van der Waals surface area contributed by atoms with E-state index in [1.54, 1.807) is 0 Å². The molecule has 0 fully saturated rings. The van der Waals surface area contributed by atoms with Crippen LogP contribution in [-0.4, -0.2) is 17.4 Å². The van der Waals surface area contributed by atoms with Gasteiger partial charge in [0.25, 0.3) is 0 Å². The Morgan fingerprint density at radius 1 is 1.11 bits per heavy atom. The van der Waals surface area contributed by atoms with Crippen molar-refractivity contribution in [1.29, 1.82) is 0 Å². The molecule has 0 aromatic carbocycles. The summed E-state index contributed by atoms with van der Waals surface area (Å²) in [6.07, 6.45) is 0. The zero-order chi connectivity index (χ0) is 6.78. The molecule has 1 nitrogen and oxygen atoms in total. The fraction of sp³-hybridized carbons (Fsp3) is 1.00. The van der Waals surface area contributed by atoms with Crippen LogP contribution < -0.4 is 0 Å². The zero-order valence-corrected chi connectivity index (χ0v) is 11.8. The van der Waals surface area contributed by atoms with Crippen molar-refractivity contribution in [1.82, 2.24) is 0 Å². The molecule has 0 bridgehead atoms. The maximum Gasteiger partial charge on any atom is 0.191 e. The molecule has 0 rings (SSSR count). The summed E-state index contributed by atoms with van der Waals surface area (Å²) in [7, 11) is -1.61. The van der Waals surface area contributed by atoms with Gasteiger partial charge in [0.2, 0.25) is 0 Å². The third kappa shape index (κ3) is 12.6. The van der Waals surface area contributed by atoms with Gasteiger partial charge in [0.15, 0.2) is 17.4 Å². The van der Waals surface area contributed by atoms with Gasteiger partial charge in [0.05, 0.1) is 0 Å². The van der Waals surface area contributed by atoms with Crippen LogP contribution in [0.15, 0.2) is 0 Å². The Morgan fingerprint density at radius 3 is 1.44 bits per heavy atom. The van der Waals surface area contributed by atoms with Crippen LogP contribution in [0.3, 0.4) is 0 Å². The Labute approximate surface area is 86.3 Å². The molecular formula is C5H15OSi2Y. The van der Waals surface area contributed by atoms with E-state index in [9.17, 15) is 0 Å². The van der Waals surface area contributed by atoms with E-state index in [1.165, 1.54) is 0 Å². The van der Waals surface area contributed by atoms with E-state index in [4.69, 9.17) is 4.12 Å². The SMILES string of the molecule is C[Si](C)O[Si](C)(C)C.[Y]. The van der Waals surface area contributed by atoms with Gasteiger partial charge < -0.3 is 4.12 Å². The van der Waals surface area contributed by atoms with Gasteiger partial charge in [0, 0.05) is 32.7 Å². The van der Waals surface area contributed by atoms with Crippen molar-refractivity contribution in [3.8, 4) is 0 Å². The summed E-state index contributed by atoms with van der Waals surface area (Å²) in [5.41, 5.74) is 0. The molecular weight excluding hydrogens is 221 g/mol. The van der Waals surface area contributed by atoms with Gasteiger partial charge in [0.1, 0.15) is 0 Å². The van der Waals surface area contributed by atoms with Crippen molar-refractivity contribution in [2.45, 2.75) is 32.7 Å². The van der Waals surface area contributed by atoms with Gasteiger partial charge in [-0.05, 0) is 32.7 Å². The van der Waals surface area contributed by atoms with Crippen LogP contribution in [-0.2, 0) is 36.8 Å². The normalized spacial score (nSPS) is 11.3. The van der Waals surface area contributed by atoms with E-state index in [0.717, 1.165) is 0 Å². The van der Waals surface area contributed by atoms with Crippen molar-refractivity contribution in [2.75, 3.05) is 0 Å². The van der Waals surface area contributed by atoms with Crippen LogP contribution in [0.25, 0.3) is 0 Å². The standard InChI is InChI=1S/C5H15OSi2.Y/c1-7(2)6-8(3,4)5;/h1-5H3;. The Balaban J connectivity index is 0. The first-order chi connectivity index (χ1) is 3.42. The van der Waals surface area contributed by atoms with Crippen LogP contribution in [0.2, 0.25) is 32.7 Å². The molecule has 0 aliphatic heterocycles. The maximum atomic E-state index is 5.68. The third-order valence-electron chi connectivity index (χ3n) is 0.510. The summed E-state index contributed by atoms with van der Waals surface area (Å²) in [5.74, 6) is 0. The topological polar surface area (TPSA) is 9.23 Å². The number of rotatable bonds is 2. The van der Waals surface area contributed by atoms with Crippen LogP contribution in [0, 0.1) is 0 Å². The summed E-state index contributed by atoms with van der Waals surface area (Å²) in [6.45, 7) is 11.0. The molecule has 9 heavy (non-hydrogen) atoms. The summed E-state index contributed by atoms with van der Waals surface area (Å²) in [5, 5.41) is 0. The van der Waals surface area contributed by atoms with Crippen molar-refractivity contribution in [2.24, 2.45) is 0 Å². The molecule has 52 valence electrons. The first kappa shape index (κ1) is 13.1. The predicted molar refractivity (Wildman–Crippen MR) is 41.9 cm³/mol. The van der Waals surface area contributed by atoms with Gasteiger partial charge in [-0.1, -0.05) is 0 Å². The zero-order valence-electron chi connectivity index (χ0n) is 6.99. The van der Waals surface area contributed by atoms with E-state index in [1.807, 2.05) is 0 Å². The van der Waals surface area contributed by atoms with Gasteiger partial charge in [-0.25, -0.2) is 0 Å². The Hall–Kier alpha value is 1.50. The molecule has 0 aliphatic carbocycles. The fourth-order valence-corrected chi connectivity index (χ4v) is 5.51. The van der Waals surface area contributed by atoms with Crippen LogP contribution in [0.4, 0.5) is 0 Å². The van der Waals surface area contributed by atoms with Crippen LogP contribution in [0.1, 0.15) is 0 Å². The van der Waals surface area contributed by atoms with Crippen LogP contribution >= 0.6 is 0 Å². The predicted octanol–water partition coefficient (Wildman–Crippen LogP) is 2.09. The Bertz CT molecular complexity index is 69.8. The molecule has 0 spiro atoms. The second kappa shape index (κ2) is 5.19. The first-order valence-electron chi connectivity index (χ1n) is 2.91. The molecule has 0 aromatic rings. The molecule has 0 saturated heterocycles. The summed E-state index contributed by atoms with van der Waals surface area (Å²) >= 11 is 0. The van der Waals surface area contributed by atoms with E-state index < -0.39 is 17.4 Å². The second-order valence-corrected chi connectivity index (χ2v) is 9.98. The Kier molecular flexibility index (Phi) is 7.56. The second-order valence-electron chi connectivity index (χ2n) is 3.12. The molecule has 2 radical (unpaired) electrons. The van der Waals surface area contributed by atoms with Gasteiger partial charge in [-0.15, -0.1) is 0 Å². The molecule has 0 aliphatic rings. The smallest absolute Gasteiger partial charge is 0.191 e. The minimum Gasteiger partial charge on any atom is -0.456 e. The average Bonchev–Trinajstić information content (AvgIpc) is 1.21. The van der Waals surface area contributed by atoms with E-state index in [-0.39, 0.29) is 32.7 Å². The monoisotopic (exact) mass is 236 g/mol. The molecule has 0 atom stereocenters. The average molecular weight is 236 g/mol. The quantitative estimate of drug-likeness (QED) is 0.667. The number of hydrogen-bond acceptors (Lipinski definition) is 1. The molecule has 0 amide bonds. The van der Waals surface area contributed by atoms with E-state index in [2.05, 4.69) is 32.7 Å². The molecule has 0 aromatic heterocycles. The van der Waals surface area contributed by atoms with Crippen molar-refractivity contribution >= 4 is 17.4 Å². The van der Waals surface area contributed by atoms with Gasteiger partial charge in [-0.2, -0.15) is 0 Å². The van der Waals surface area contributed by atoms with E-state index in [0.29, 0.717) is 0 Å². The molecule has 0 unspecified atom stereocenters. The summed E-state index contributed by atoms with van der Waals surface area (Å²) < 4.78 is 5.68. The van der Waals surface area contributed by atoms with Crippen molar-refractivity contribution < 1.29 is 36.8 Å². The maximum absolute atomic E-state index is 5.68. The largest absolute Gasteiger partial charge is 0.456 e. The van der Waals surface area contributed by atoms with E-state index >= 15 is 0 Å². The summed E-state index contributed by atoms with van der Waals surface area (Å²) in [4.78, 5) is 0. The van der Waals surface area contributed by atoms with Crippen molar-refractivity contribution in [3.05, 3.63) is 0 Å². The van der Waals surface area contributed by atoms with Crippen molar-refractivity contribution in [3.63, 3.8) is 0 Å².